The Morgan fingerprint density at radius 3 is 2.47 bits per heavy atom. The van der Waals surface area contributed by atoms with Crippen LogP contribution in [-0.4, -0.2) is 29.3 Å². The van der Waals surface area contributed by atoms with Gasteiger partial charge in [0.1, 0.15) is 6.04 Å². The summed E-state index contributed by atoms with van der Waals surface area (Å²) in [6.07, 6.45) is 1.39. The number of aryl methyl sites for hydroxylation is 1. The molecule has 2 rings (SSSR count). The van der Waals surface area contributed by atoms with Crippen LogP contribution >= 0.6 is 0 Å². The Morgan fingerprint density at radius 1 is 1.21 bits per heavy atom. The third kappa shape index (κ3) is 3.34. The minimum absolute atomic E-state index is 0.00887. The summed E-state index contributed by atoms with van der Waals surface area (Å²) in [6, 6.07) is 7.85. The number of amides is 2. The maximum Gasteiger partial charge on any atom is 0.245 e. The number of rotatable bonds is 3. The van der Waals surface area contributed by atoms with Crippen molar-refractivity contribution in [1.29, 1.82) is 0 Å². The maximum absolute atomic E-state index is 12.1. The first-order valence-corrected chi connectivity index (χ1v) is 6.76. The first kappa shape index (κ1) is 13.6. The van der Waals surface area contributed by atoms with Crippen LogP contribution in [0.15, 0.2) is 24.3 Å². The first-order valence-electron chi connectivity index (χ1n) is 6.76. The molecule has 1 N–H and O–H groups in total. The molecule has 1 unspecified atom stereocenters. The van der Waals surface area contributed by atoms with Gasteiger partial charge in [0, 0.05) is 19.5 Å². The fraction of sp³-hybridized carbons (Fsp3) is 0.467. The zero-order chi connectivity index (χ0) is 13.8. The van der Waals surface area contributed by atoms with Gasteiger partial charge in [-0.2, -0.15) is 0 Å². The Morgan fingerprint density at radius 2 is 1.84 bits per heavy atom. The predicted octanol–water partition coefficient (Wildman–Crippen LogP) is 1.49. The summed E-state index contributed by atoms with van der Waals surface area (Å²) < 4.78 is 0. The van der Waals surface area contributed by atoms with Gasteiger partial charge in [-0.15, -0.1) is 0 Å². The Kier molecular flexibility index (Phi) is 4.20. The molecule has 2 amide bonds. The molecule has 4 nitrogen and oxygen atoms in total. The van der Waals surface area contributed by atoms with Gasteiger partial charge < -0.3 is 10.2 Å². The number of nitrogens with zero attached hydrogens (tertiary/aromatic N) is 1. The molecule has 1 aromatic carbocycles. The van der Waals surface area contributed by atoms with Crippen molar-refractivity contribution < 1.29 is 9.59 Å². The van der Waals surface area contributed by atoms with E-state index in [1.165, 1.54) is 5.56 Å². The Labute approximate surface area is 113 Å². The lowest BCUT2D eigenvalue weighted by molar-refractivity contribution is -0.133. The highest BCUT2D eigenvalue weighted by Gasteiger charge is 2.26. The third-order valence-corrected chi connectivity index (χ3v) is 3.47. The third-order valence-electron chi connectivity index (χ3n) is 3.47. The number of carbonyl (C=O) groups excluding carboxylic acids is 2. The molecule has 1 heterocycles. The van der Waals surface area contributed by atoms with Gasteiger partial charge in [0.25, 0.3) is 0 Å². The molecule has 1 fully saturated rings. The zero-order valence-electron chi connectivity index (χ0n) is 11.5. The van der Waals surface area contributed by atoms with E-state index in [9.17, 15) is 9.59 Å². The van der Waals surface area contributed by atoms with Crippen molar-refractivity contribution in [2.45, 2.75) is 39.3 Å². The van der Waals surface area contributed by atoms with Gasteiger partial charge in [-0.25, -0.2) is 0 Å². The molecule has 0 aliphatic carbocycles. The van der Waals surface area contributed by atoms with E-state index in [0.29, 0.717) is 19.5 Å². The van der Waals surface area contributed by atoms with E-state index >= 15 is 0 Å². The minimum atomic E-state index is -0.426. The van der Waals surface area contributed by atoms with Crippen LogP contribution in [0.4, 0.5) is 0 Å². The van der Waals surface area contributed by atoms with Gasteiger partial charge in [-0.05, 0) is 24.5 Å². The van der Waals surface area contributed by atoms with E-state index in [1.807, 2.05) is 0 Å². The number of carbonyl (C=O) groups is 2. The van der Waals surface area contributed by atoms with Gasteiger partial charge in [-0.3, -0.25) is 9.59 Å². The lowest BCUT2D eigenvalue weighted by Gasteiger charge is -2.22. The molecular formula is C15H20N2O2. The van der Waals surface area contributed by atoms with Crippen molar-refractivity contribution in [3.05, 3.63) is 35.4 Å². The van der Waals surface area contributed by atoms with Gasteiger partial charge >= 0.3 is 0 Å². The molecule has 1 aromatic rings. The van der Waals surface area contributed by atoms with Crippen LogP contribution in [0, 0.1) is 0 Å². The smallest absolute Gasteiger partial charge is 0.245 e. The highest BCUT2D eigenvalue weighted by atomic mass is 16.2. The van der Waals surface area contributed by atoms with Crippen molar-refractivity contribution >= 4 is 11.8 Å². The highest BCUT2D eigenvalue weighted by Crippen LogP contribution is 2.11. The van der Waals surface area contributed by atoms with Crippen LogP contribution < -0.4 is 5.32 Å². The predicted molar refractivity (Wildman–Crippen MR) is 73.5 cm³/mol. The van der Waals surface area contributed by atoms with Crippen LogP contribution in [0.25, 0.3) is 0 Å². The van der Waals surface area contributed by atoms with Crippen molar-refractivity contribution in [2.24, 2.45) is 0 Å². The van der Waals surface area contributed by atoms with Gasteiger partial charge in [0.15, 0.2) is 0 Å². The van der Waals surface area contributed by atoms with Crippen molar-refractivity contribution in [3.63, 3.8) is 0 Å². The number of hydrogen-bond acceptors (Lipinski definition) is 2. The van der Waals surface area contributed by atoms with Crippen molar-refractivity contribution in [1.82, 2.24) is 10.2 Å². The second kappa shape index (κ2) is 5.87. The second-order valence-corrected chi connectivity index (χ2v) is 4.97. The average molecular weight is 260 g/mol. The number of hydrogen-bond donors (Lipinski definition) is 1. The molecule has 0 aromatic heterocycles. The van der Waals surface area contributed by atoms with E-state index in [-0.39, 0.29) is 11.8 Å². The molecule has 1 saturated heterocycles. The van der Waals surface area contributed by atoms with Crippen LogP contribution in [0.1, 0.15) is 31.4 Å². The van der Waals surface area contributed by atoms with Gasteiger partial charge in [-0.1, -0.05) is 31.2 Å². The molecule has 1 aliphatic heterocycles. The largest absolute Gasteiger partial charge is 0.345 e. The molecule has 0 saturated carbocycles. The molecular weight excluding hydrogens is 240 g/mol. The van der Waals surface area contributed by atoms with Crippen LogP contribution in [-0.2, 0) is 22.6 Å². The summed E-state index contributed by atoms with van der Waals surface area (Å²) in [4.78, 5) is 25.3. The van der Waals surface area contributed by atoms with E-state index in [2.05, 4.69) is 36.5 Å². The monoisotopic (exact) mass is 260 g/mol. The second-order valence-electron chi connectivity index (χ2n) is 4.97. The topological polar surface area (TPSA) is 49.4 Å². The fourth-order valence-corrected chi connectivity index (χ4v) is 2.25. The zero-order valence-corrected chi connectivity index (χ0v) is 11.5. The summed E-state index contributed by atoms with van der Waals surface area (Å²) in [5.74, 6) is -0.0601. The standard InChI is InChI=1S/C15H20N2O2/c1-3-12-4-6-13(7-5-12)10-17-9-8-14(18)16-11(2)15(17)19/h4-7,11H,3,8-10H2,1-2H3,(H,16,18). The quantitative estimate of drug-likeness (QED) is 0.895. The average Bonchev–Trinajstić information content (AvgIpc) is 2.53. The summed E-state index contributed by atoms with van der Waals surface area (Å²) in [5.41, 5.74) is 2.39. The Hall–Kier alpha value is -1.84. The van der Waals surface area contributed by atoms with E-state index in [4.69, 9.17) is 0 Å². The van der Waals surface area contributed by atoms with E-state index in [0.717, 1.165) is 12.0 Å². The maximum atomic E-state index is 12.1. The summed E-state index contributed by atoms with van der Waals surface area (Å²) in [5, 5.41) is 2.70. The van der Waals surface area contributed by atoms with Crippen LogP contribution in [0.5, 0.6) is 0 Å². The first-order chi connectivity index (χ1) is 9.10. The number of benzene rings is 1. The van der Waals surface area contributed by atoms with Gasteiger partial charge in [0.05, 0.1) is 0 Å². The lowest BCUT2D eigenvalue weighted by atomic mass is 10.1. The molecule has 0 spiro atoms. The fourth-order valence-electron chi connectivity index (χ4n) is 2.25. The molecule has 1 atom stereocenters. The normalized spacial score (nSPS) is 20.1. The number of nitrogens with one attached hydrogen (secondary N) is 1. The SMILES string of the molecule is CCc1ccc(CN2CCC(=O)NC(C)C2=O)cc1. The van der Waals surface area contributed by atoms with E-state index in [1.54, 1.807) is 11.8 Å². The summed E-state index contributed by atoms with van der Waals surface area (Å²) in [6.45, 7) is 4.91. The molecule has 1 aliphatic rings. The molecule has 102 valence electrons. The lowest BCUT2D eigenvalue weighted by Crippen LogP contribution is -2.42. The summed E-state index contributed by atoms with van der Waals surface area (Å²) >= 11 is 0. The molecule has 0 radical (unpaired) electrons. The molecule has 0 bridgehead atoms. The van der Waals surface area contributed by atoms with Crippen molar-refractivity contribution in [3.8, 4) is 0 Å². The molecule has 4 heteroatoms. The molecule has 19 heavy (non-hydrogen) atoms. The van der Waals surface area contributed by atoms with Crippen molar-refractivity contribution in [2.75, 3.05) is 6.54 Å². The van der Waals surface area contributed by atoms with E-state index < -0.39 is 6.04 Å². The Bertz CT molecular complexity index is 468. The van der Waals surface area contributed by atoms with Crippen LogP contribution in [0.3, 0.4) is 0 Å². The highest BCUT2D eigenvalue weighted by molar-refractivity contribution is 5.89. The van der Waals surface area contributed by atoms with Gasteiger partial charge in [0.2, 0.25) is 11.8 Å². The van der Waals surface area contributed by atoms with Crippen LogP contribution in [0.2, 0.25) is 0 Å². The minimum Gasteiger partial charge on any atom is -0.345 e. The summed E-state index contributed by atoms with van der Waals surface area (Å²) in [7, 11) is 0. The Balaban J connectivity index is 2.07.